The molecule has 0 aromatic heterocycles. The quantitative estimate of drug-likeness (QED) is 0.443. The van der Waals surface area contributed by atoms with E-state index >= 15 is 0 Å². The Morgan fingerprint density at radius 1 is 1.50 bits per heavy atom. The van der Waals surface area contributed by atoms with Crippen LogP contribution in [0.2, 0.25) is 0 Å². The van der Waals surface area contributed by atoms with Crippen LogP contribution in [0.5, 0.6) is 5.75 Å². The molecule has 18 heavy (non-hydrogen) atoms. The molecule has 0 heterocycles. The Balaban J connectivity index is 3.17. The second-order valence-corrected chi connectivity index (χ2v) is 6.23. The minimum Gasteiger partial charge on any atom is -0.507 e. The smallest absolute Gasteiger partial charge is 0.184 e. The zero-order valence-corrected chi connectivity index (χ0v) is 12.9. The summed E-state index contributed by atoms with van der Waals surface area (Å²) in [5.74, 6) is 0.208. The fourth-order valence-electron chi connectivity index (χ4n) is 1.46. The van der Waals surface area contributed by atoms with Gasteiger partial charge in [-0.2, -0.15) is 5.10 Å². The summed E-state index contributed by atoms with van der Waals surface area (Å²) in [6, 6.07) is 3.67. The lowest BCUT2D eigenvalue weighted by Gasteiger charge is -2.21. The van der Waals surface area contributed by atoms with Crippen molar-refractivity contribution in [1.29, 1.82) is 0 Å². The largest absolute Gasteiger partial charge is 0.507 e. The third kappa shape index (κ3) is 3.96. The number of halogens is 1. The number of nitrogens with two attached hydrogens (primary N) is 1. The van der Waals surface area contributed by atoms with Gasteiger partial charge in [0.1, 0.15) is 5.75 Å². The van der Waals surface area contributed by atoms with E-state index in [4.69, 9.17) is 5.73 Å². The molecule has 0 aliphatic carbocycles. The molecule has 1 aromatic carbocycles. The lowest BCUT2D eigenvalue weighted by molar-refractivity contribution is 0.445. The van der Waals surface area contributed by atoms with Crippen LogP contribution in [0.15, 0.2) is 21.7 Å². The van der Waals surface area contributed by atoms with Gasteiger partial charge in [0.25, 0.3) is 0 Å². The number of rotatable bonds is 2. The third-order valence-corrected chi connectivity index (χ3v) is 2.84. The van der Waals surface area contributed by atoms with E-state index in [1.165, 1.54) is 6.21 Å². The Hall–Kier alpha value is -1.14. The van der Waals surface area contributed by atoms with Crippen LogP contribution in [-0.2, 0) is 5.41 Å². The number of hydrogen-bond donors (Lipinski definition) is 3. The summed E-state index contributed by atoms with van der Waals surface area (Å²) >= 11 is 8.05. The second-order valence-electron chi connectivity index (χ2n) is 4.88. The Morgan fingerprint density at radius 2 is 2.11 bits per heavy atom. The van der Waals surface area contributed by atoms with Crippen molar-refractivity contribution in [3.05, 3.63) is 27.7 Å². The van der Waals surface area contributed by atoms with Crippen LogP contribution < -0.4 is 11.2 Å². The summed E-state index contributed by atoms with van der Waals surface area (Å²) in [5.41, 5.74) is 8.99. The lowest BCUT2D eigenvalue weighted by atomic mass is 9.85. The van der Waals surface area contributed by atoms with Gasteiger partial charge in [-0.3, -0.25) is 5.43 Å². The minimum absolute atomic E-state index is 0.0804. The summed E-state index contributed by atoms with van der Waals surface area (Å²) in [4.78, 5) is 0. The highest BCUT2D eigenvalue weighted by Gasteiger charge is 2.20. The Labute approximate surface area is 120 Å². The standard InChI is InChI=1S/C12H16BrN3OS/c1-12(2,3)9-5-8(13)4-7(10(9)17)6-15-16-11(14)18/h4-6,17H,1-3H3,(H3,14,16,18). The summed E-state index contributed by atoms with van der Waals surface area (Å²) in [6.45, 7) is 6.09. The molecule has 6 heteroatoms. The number of nitrogens with zero attached hydrogens (tertiary/aromatic N) is 1. The van der Waals surface area contributed by atoms with Gasteiger partial charge in [0.15, 0.2) is 5.11 Å². The molecule has 4 nitrogen and oxygen atoms in total. The summed E-state index contributed by atoms with van der Waals surface area (Å²) < 4.78 is 0.877. The van der Waals surface area contributed by atoms with Gasteiger partial charge in [-0.25, -0.2) is 0 Å². The molecule has 1 rings (SSSR count). The van der Waals surface area contributed by atoms with Crippen LogP contribution in [0, 0.1) is 0 Å². The molecule has 4 N–H and O–H groups in total. The van der Waals surface area contributed by atoms with E-state index in [0.717, 1.165) is 10.0 Å². The van der Waals surface area contributed by atoms with E-state index in [2.05, 4.69) is 38.7 Å². The van der Waals surface area contributed by atoms with Crippen LogP contribution in [0.3, 0.4) is 0 Å². The number of phenolic OH excluding ortho intramolecular Hbond substituents is 1. The average Bonchev–Trinajstić information content (AvgIpc) is 2.20. The molecular weight excluding hydrogens is 314 g/mol. The highest BCUT2D eigenvalue weighted by atomic mass is 79.9. The predicted octanol–water partition coefficient (Wildman–Crippen LogP) is 2.62. The zero-order valence-electron chi connectivity index (χ0n) is 10.5. The molecule has 0 amide bonds. The normalized spacial score (nSPS) is 11.8. The minimum atomic E-state index is -0.160. The first-order chi connectivity index (χ1) is 8.21. The molecule has 98 valence electrons. The maximum Gasteiger partial charge on any atom is 0.184 e. The lowest BCUT2D eigenvalue weighted by Crippen LogP contribution is -2.24. The van der Waals surface area contributed by atoms with Crippen LogP contribution in [-0.4, -0.2) is 16.4 Å². The van der Waals surface area contributed by atoms with Gasteiger partial charge < -0.3 is 10.8 Å². The maximum absolute atomic E-state index is 10.2. The van der Waals surface area contributed by atoms with Crippen molar-refractivity contribution in [2.45, 2.75) is 26.2 Å². The van der Waals surface area contributed by atoms with Gasteiger partial charge in [-0.15, -0.1) is 0 Å². The van der Waals surface area contributed by atoms with E-state index < -0.39 is 0 Å². The molecule has 1 aromatic rings. The zero-order chi connectivity index (χ0) is 13.9. The Kier molecular flexibility index (Phi) is 4.70. The van der Waals surface area contributed by atoms with Gasteiger partial charge in [-0.1, -0.05) is 36.7 Å². The number of nitrogens with one attached hydrogen (secondary N) is 1. The monoisotopic (exact) mass is 329 g/mol. The van der Waals surface area contributed by atoms with Gasteiger partial charge in [0, 0.05) is 15.6 Å². The van der Waals surface area contributed by atoms with Crippen molar-refractivity contribution in [2.24, 2.45) is 10.8 Å². The first-order valence-electron chi connectivity index (χ1n) is 5.33. The molecule has 0 atom stereocenters. The first-order valence-corrected chi connectivity index (χ1v) is 6.53. The number of hydrazone groups is 1. The van der Waals surface area contributed by atoms with E-state index in [1.807, 2.05) is 26.8 Å². The topological polar surface area (TPSA) is 70.6 Å². The number of hydrogen-bond acceptors (Lipinski definition) is 3. The van der Waals surface area contributed by atoms with E-state index in [0.29, 0.717) is 5.56 Å². The van der Waals surface area contributed by atoms with Gasteiger partial charge in [-0.05, 0) is 29.8 Å². The maximum atomic E-state index is 10.2. The SMILES string of the molecule is CC(C)(C)c1cc(Br)cc(C=NNC(N)=S)c1O. The van der Waals surface area contributed by atoms with Crippen LogP contribution in [0.25, 0.3) is 0 Å². The fourth-order valence-corrected chi connectivity index (χ4v) is 1.98. The van der Waals surface area contributed by atoms with Crippen molar-refractivity contribution in [2.75, 3.05) is 0 Å². The molecule has 0 fully saturated rings. The molecule has 0 saturated carbocycles. The number of benzene rings is 1. The predicted molar refractivity (Wildman–Crippen MR) is 82.0 cm³/mol. The Morgan fingerprint density at radius 3 is 2.61 bits per heavy atom. The third-order valence-electron chi connectivity index (χ3n) is 2.29. The molecule has 0 spiro atoms. The van der Waals surface area contributed by atoms with Gasteiger partial charge >= 0.3 is 0 Å². The van der Waals surface area contributed by atoms with Crippen LogP contribution in [0.1, 0.15) is 31.9 Å². The van der Waals surface area contributed by atoms with Crippen molar-refractivity contribution in [1.82, 2.24) is 5.43 Å². The van der Waals surface area contributed by atoms with Crippen molar-refractivity contribution in [3.63, 3.8) is 0 Å². The highest BCUT2D eigenvalue weighted by Crippen LogP contribution is 2.35. The van der Waals surface area contributed by atoms with Gasteiger partial charge in [0.2, 0.25) is 0 Å². The first kappa shape index (κ1) is 14.9. The number of phenols is 1. The molecule has 0 aliphatic heterocycles. The fraction of sp³-hybridized carbons (Fsp3) is 0.333. The molecule has 0 unspecified atom stereocenters. The van der Waals surface area contributed by atoms with Crippen molar-refractivity contribution < 1.29 is 5.11 Å². The Bertz CT molecular complexity index is 495. The van der Waals surface area contributed by atoms with E-state index in [1.54, 1.807) is 6.07 Å². The molecule has 0 radical (unpaired) electrons. The second kappa shape index (κ2) is 5.67. The summed E-state index contributed by atoms with van der Waals surface area (Å²) in [5, 5.41) is 14.1. The van der Waals surface area contributed by atoms with E-state index in [-0.39, 0.29) is 16.3 Å². The molecule has 0 saturated heterocycles. The number of aromatic hydroxyl groups is 1. The van der Waals surface area contributed by atoms with Crippen molar-refractivity contribution in [3.8, 4) is 5.75 Å². The van der Waals surface area contributed by atoms with Crippen molar-refractivity contribution >= 4 is 39.5 Å². The van der Waals surface area contributed by atoms with Gasteiger partial charge in [0.05, 0.1) is 6.21 Å². The van der Waals surface area contributed by atoms with E-state index in [9.17, 15) is 5.11 Å². The number of thiocarbonyl (C=S) groups is 1. The summed E-state index contributed by atoms with van der Waals surface area (Å²) in [6.07, 6.45) is 1.48. The highest BCUT2D eigenvalue weighted by molar-refractivity contribution is 9.10. The van der Waals surface area contributed by atoms with Crippen LogP contribution in [0.4, 0.5) is 0 Å². The molecule has 0 bridgehead atoms. The summed E-state index contributed by atoms with van der Waals surface area (Å²) in [7, 11) is 0. The average molecular weight is 330 g/mol. The van der Waals surface area contributed by atoms with Crippen LogP contribution >= 0.6 is 28.1 Å². The molecular formula is C12H16BrN3OS. The molecule has 0 aliphatic rings.